The fourth-order valence-electron chi connectivity index (χ4n) is 4.86. The zero-order valence-electron chi connectivity index (χ0n) is 20.2. The molecule has 1 saturated carbocycles. The molecule has 0 spiro atoms. The number of morpholine rings is 1. The predicted molar refractivity (Wildman–Crippen MR) is 137 cm³/mol. The first-order chi connectivity index (χ1) is 17.0. The molecule has 4 aromatic rings. The van der Waals surface area contributed by atoms with Crippen LogP contribution in [0.2, 0.25) is 0 Å². The Labute approximate surface area is 203 Å². The number of amides is 1. The molecule has 9 heteroatoms. The third kappa shape index (κ3) is 4.05. The molecule has 3 atom stereocenters. The largest absolute Gasteiger partial charge is 0.375 e. The highest BCUT2D eigenvalue weighted by molar-refractivity contribution is 6.03. The molecule has 0 radical (unpaired) electrons. The number of ether oxygens (including phenoxy) is 1. The van der Waals surface area contributed by atoms with E-state index in [1.54, 1.807) is 6.20 Å². The highest BCUT2D eigenvalue weighted by atomic mass is 16.5. The lowest BCUT2D eigenvalue weighted by Crippen LogP contribution is -2.41. The molecule has 1 amide bonds. The van der Waals surface area contributed by atoms with Gasteiger partial charge in [-0.3, -0.25) is 4.79 Å². The summed E-state index contributed by atoms with van der Waals surface area (Å²) in [4.78, 5) is 23.9. The van der Waals surface area contributed by atoms with Crippen LogP contribution >= 0.6 is 0 Å². The lowest BCUT2D eigenvalue weighted by atomic mass is 10.1. The normalized spacial score (nSPS) is 21.9. The summed E-state index contributed by atoms with van der Waals surface area (Å²) < 4.78 is 7.60. The average molecular weight is 472 g/mol. The highest BCUT2D eigenvalue weighted by Crippen LogP contribution is 2.39. The van der Waals surface area contributed by atoms with Crippen LogP contribution in [0.4, 0.5) is 17.3 Å². The van der Waals surface area contributed by atoms with Gasteiger partial charge in [-0.05, 0) is 43.5 Å². The molecule has 0 aromatic carbocycles. The summed E-state index contributed by atoms with van der Waals surface area (Å²) in [5, 5.41) is 12.8. The van der Waals surface area contributed by atoms with Gasteiger partial charge in [0.15, 0.2) is 0 Å². The third-order valence-corrected chi connectivity index (χ3v) is 7.03. The number of aromatic nitrogens is 4. The number of carbonyl (C=O) groups is 1. The van der Waals surface area contributed by atoms with E-state index in [0.717, 1.165) is 65.2 Å². The summed E-state index contributed by atoms with van der Waals surface area (Å²) in [6.45, 7) is 6.65. The van der Waals surface area contributed by atoms with Gasteiger partial charge in [0.25, 0.3) is 0 Å². The van der Waals surface area contributed by atoms with Crippen LogP contribution in [0, 0.1) is 11.8 Å². The maximum absolute atomic E-state index is 12.5. The summed E-state index contributed by atoms with van der Waals surface area (Å²) >= 11 is 0. The van der Waals surface area contributed by atoms with Gasteiger partial charge in [0.1, 0.15) is 11.6 Å². The summed E-state index contributed by atoms with van der Waals surface area (Å²) in [6, 6.07) is 8.21. The van der Waals surface area contributed by atoms with Gasteiger partial charge in [-0.2, -0.15) is 5.10 Å². The summed E-state index contributed by atoms with van der Waals surface area (Å²) in [5.74, 6) is 1.83. The standard InChI is InChI=1S/C26H29N7O2/c1-15-8-19(15)26(34)30-24-10-20-21(11-29-25(27-3)22(20)12-28-24)23-9-17-4-5-18(14-33(17)31-23)32-6-7-35-16(2)13-32/h4-5,9-12,14-16,19H,6-8,13H2,1-3H3,(H,27,29)(H,28,30,34)/t15-,16+,19+/m1/s1. The van der Waals surface area contributed by atoms with E-state index in [4.69, 9.17) is 9.84 Å². The van der Waals surface area contributed by atoms with Gasteiger partial charge in [-0.25, -0.2) is 14.5 Å². The summed E-state index contributed by atoms with van der Waals surface area (Å²) in [6.07, 6.45) is 6.80. The van der Waals surface area contributed by atoms with Crippen LogP contribution in [0.15, 0.2) is 42.9 Å². The molecular formula is C26H29N7O2. The molecule has 2 N–H and O–H groups in total. The van der Waals surface area contributed by atoms with Crippen molar-refractivity contribution in [3.05, 3.63) is 42.9 Å². The zero-order valence-corrected chi connectivity index (χ0v) is 20.2. The maximum atomic E-state index is 12.5. The number of rotatable bonds is 5. The van der Waals surface area contributed by atoms with E-state index < -0.39 is 0 Å². The fourth-order valence-corrected chi connectivity index (χ4v) is 4.86. The van der Waals surface area contributed by atoms with Crippen LogP contribution in [0.25, 0.3) is 27.5 Å². The van der Waals surface area contributed by atoms with Crippen molar-refractivity contribution in [2.24, 2.45) is 11.8 Å². The van der Waals surface area contributed by atoms with E-state index in [2.05, 4.69) is 63.7 Å². The van der Waals surface area contributed by atoms with Crippen molar-refractivity contribution < 1.29 is 9.53 Å². The molecule has 2 aliphatic rings. The Morgan fingerprint density at radius 2 is 2.00 bits per heavy atom. The SMILES string of the molecule is CNc1ncc(-c2cc3ccc(N4CCO[C@@H](C)C4)cn3n2)c2cc(NC(=O)[C@H]3C[C@H]3C)ncc12. The molecule has 0 bridgehead atoms. The van der Waals surface area contributed by atoms with E-state index in [1.807, 2.05) is 23.8 Å². The maximum Gasteiger partial charge on any atom is 0.228 e. The molecular weight excluding hydrogens is 442 g/mol. The molecule has 1 saturated heterocycles. The lowest BCUT2D eigenvalue weighted by Gasteiger charge is -2.32. The number of fused-ring (bicyclic) bond motifs is 2. The van der Waals surface area contributed by atoms with Crippen molar-refractivity contribution in [2.75, 3.05) is 42.3 Å². The van der Waals surface area contributed by atoms with Gasteiger partial charge >= 0.3 is 0 Å². The van der Waals surface area contributed by atoms with E-state index >= 15 is 0 Å². The number of nitrogens with one attached hydrogen (secondary N) is 2. The van der Waals surface area contributed by atoms with E-state index in [9.17, 15) is 4.79 Å². The lowest BCUT2D eigenvalue weighted by molar-refractivity contribution is -0.117. The average Bonchev–Trinajstić information content (AvgIpc) is 3.45. The fraction of sp³-hybridized carbons (Fsp3) is 0.385. The number of hydrogen-bond acceptors (Lipinski definition) is 7. The Morgan fingerprint density at radius 3 is 2.77 bits per heavy atom. The zero-order chi connectivity index (χ0) is 24.1. The number of anilines is 3. The Kier molecular flexibility index (Phi) is 5.29. The highest BCUT2D eigenvalue weighted by Gasteiger charge is 2.39. The first kappa shape index (κ1) is 21.8. The van der Waals surface area contributed by atoms with Crippen molar-refractivity contribution in [1.29, 1.82) is 0 Å². The third-order valence-electron chi connectivity index (χ3n) is 7.03. The van der Waals surface area contributed by atoms with Gasteiger partial charge in [0, 0.05) is 54.8 Å². The van der Waals surface area contributed by atoms with E-state index in [0.29, 0.717) is 11.7 Å². The van der Waals surface area contributed by atoms with E-state index in [-0.39, 0.29) is 17.9 Å². The molecule has 1 aliphatic carbocycles. The van der Waals surface area contributed by atoms with Crippen LogP contribution < -0.4 is 15.5 Å². The van der Waals surface area contributed by atoms with Crippen molar-refractivity contribution in [1.82, 2.24) is 19.6 Å². The molecule has 9 nitrogen and oxygen atoms in total. The molecule has 180 valence electrons. The second-order valence-electron chi connectivity index (χ2n) is 9.61. The van der Waals surface area contributed by atoms with Gasteiger partial charge in [-0.1, -0.05) is 6.92 Å². The van der Waals surface area contributed by atoms with Crippen LogP contribution in [0.5, 0.6) is 0 Å². The number of pyridine rings is 3. The van der Waals surface area contributed by atoms with Crippen LogP contribution in [-0.2, 0) is 9.53 Å². The Hall–Kier alpha value is -3.72. The molecule has 5 heterocycles. The monoisotopic (exact) mass is 471 g/mol. The molecule has 6 rings (SSSR count). The minimum absolute atomic E-state index is 0.0338. The molecule has 35 heavy (non-hydrogen) atoms. The van der Waals surface area contributed by atoms with Crippen molar-refractivity contribution >= 4 is 39.5 Å². The van der Waals surface area contributed by atoms with Gasteiger partial charge < -0.3 is 20.3 Å². The molecule has 1 aliphatic heterocycles. The summed E-state index contributed by atoms with van der Waals surface area (Å²) in [7, 11) is 1.84. The van der Waals surface area contributed by atoms with Crippen LogP contribution in [0.1, 0.15) is 20.3 Å². The van der Waals surface area contributed by atoms with Gasteiger partial charge in [0.05, 0.1) is 35.8 Å². The predicted octanol–water partition coefficient (Wildman–Crippen LogP) is 3.81. The second-order valence-corrected chi connectivity index (χ2v) is 9.61. The Morgan fingerprint density at radius 1 is 1.14 bits per heavy atom. The quantitative estimate of drug-likeness (QED) is 0.457. The number of hydrogen-bond donors (Lipinski definition) is 2. The smallest absolute Gasteiger partial charge is 0.228 e. The first-order valence-electron chi connectivity index (χ1n) is 12.1. The first-order valence-corrected chi connectivity index (χ1v) is 12.1. The second kappa shape index (κ2) is 8.49. The van der Waals surface area contributed by atoms with Crippen LogP contribution in [-0.4, -0.2) is 58.3 Å². The topological polar surface area (TPSA) is 96.7 Å². The van der Waals surface area contributed by atoms with Gasteiger partial charge in [-0.15, -0.1) is 0 Å². The molecule has 4 aromatic heterocycles. The molecule has 0 unspecified atom stereocenters. The summed E-state index contributed by atoms with van der Waals surface area (Å²) in [5.41, 5.74) is 3.83. The van der Waals surface area contributed by atoms with Crippen molar-refractivity contribution in [3.63, 3.8) is 0 Å². The van der Waals surface area contributed by atoms with Crippen LogP contribution in [0.3, 0.4) is 0 Å². The number of carbonyl (C=O) groups excluding carboxylic acids is 1. The van der Waals surface area contributed by atoms with E-state index in [1.165, 1.54) is 0 Å². The minimum atomic E-state index is 0.0338. The molecule has 2 fully saturated rings. The Bertz CT molecular complexity index is 1430. The number of nitrogens with zero attached hydrogens (tertiary/aromatic N) is 5. The van der Waals surface area contributed by atoms with Crippen molar-refractivity contribution in [2.45, 2.75) is 26.4 Å². The van der Waals surface area contributed by atoms with Gasteiger partial charge in [0.2, 0.25) is 5.91 Å². The Balaban J connectivity index is 1.39. The van der Waals surface area contributed by atoms with Crippen molar-refractivity contribution in [3.8, 4) is 11.3 Å². The minimum Gasteiger partial charge on any atom is -0.375 e.